The summed E-state index contributed by atoms with van der Waals surface area (Å²) < 4.78 is 40.9. The van der Waals surface area contributed by atoms with Crippen LogP contribution >= 0.6 is 38.5 Å². The second kappa shape index (κ2) is 5.86. The molecule has 1 rings (SSSR count). The molecule has 1 aromatic rings. The van der Waals surface area contributed by atoms with Crippen LogP contribution in [0, 0.1) is 14.9 Å². The molecule has 1 heterocycles. The Labute approximate surface area is 117 Å². The second-order valence-corrected chi connectivity index (χ2v) is 4.62. The van der Waals surface area contributed by atoms with E-state index in [2.05, 4.69) is 25.7 Å². The van der Waals surface area contributed by atoms with Crippen molar-refractivity contribution in [1.82, 2.24) is 4.98 Å². The van der Waals surface area contributed by atoms with Crippen LogP contribution in [0.1, 0.15) is 11.3 Å². The summed E-state index contributed by atoms with van der Waals surface area (Å²) >= 11 is 4.95. The lowest BCUT2D eigenvalue weighted by Crippen LogP contribution is -2.19. The molecule has 0 saturated heterocycles. The molecule has 0 spiro atoms. The SMILES string of the molecule is N#CCc1cc(I)c(CBr)c(OC(F)(F)F)n1. The quantitative estimate of drug-likeness (QED) is 0.555. The lowest BCUT2D eigenvalue weighted by molar-refractivity contribution is -0.276. The van der Waals surface area contributed by atoms with Crippen molar-refractivity contribution in [3.8, 4) is 11.9 Å². The summed E-state index contributed by atoms with van der Waals surface area (Å²) in [4.78, 5) is 3.68. The van der Waals surface area contributed by atoms with Crippen LogP contribution in [0.3, 0.4) is 0 Å². The highest BCUT2D eigenvalue weighted by Crippen LogP contribution is 2.30. The van der Waals surface area contributed by atoms with Gasteiger partial charge < -0.3 is 4.74 Å². The van der Waals surface area contributed by atoms with Crippen molar-refractivity contribution in [3.05, 3.63) is 20.9 Å². The van der Waals surface area contributed by atoms with Gasteiger partial charge in [0.15, 0.2) is 0 Å². The number of ether oxygens (including phenoxy) is 1. The Morgan fingerprint density at radius 2 is 2.18 bits per heavy atom. The third-order valence-corrected chi connectivity index (χ3v) is 3.21. The summed E-state index contributed by atoms with van der Waals surface area (Å²) in [7, 11) is 0. The normalized spacial score (nSPS) is 11.1. The lowest BCUT2D eigenvalue weighted by atomic mass is 10.2. The van der Waals surface area contributed by atoms with E-state index in [0.717, 1.165) is 0 Å². The minimum atomic E-state index is -4.79. The molecule has 0 radical (unpaired) electrons. The van der Waals surface area contributed by atoms with Crippen LogP contribution in [0.15, 0.2) is 6.07 Å². The van der Waals surface area contributed by atoms with Gasteiger partial charge in [-0.2, -0.15) is 5.26 Å². The predicted molar refractivity (Wildman–Crippen MR) is 65.6 cm³/mol. The highest BCUT2D eigenvalue weighted by Gasteiger charge is 2.33. The van der Waals surface area contributed by atoms with Gasteiger partial charge in [-0.25, -0.2) is 4.98 Å². The van der Waals surface area contributed by atoms with Gasteiger partial charge in [-0.1, -0.05) is 15.9 Å². The van der Waals surface area contributed by atoms with Crippen LogP contribution in [0.2, 0.25) is 0 Å². The third kappa shape index (κ3) is 4.31. The van der Waals surface area contributed by atoms with Crippen molar-refractivity contribution in [2.45, 2.75) is 18.1 Å². The molecule has 0 aromatic carbocycles. The van der Waals surface area contributed by atoms with Crippen LogP contribution in [0.5, 0.6) is 5.88 Å². The number of alkyl halides is 4. The first-order valence-electron chi connectivity index (χ1n) is 4.24. The van der Waals surface area contributed by atoms with Gasteiger partial charge in [0.05, 0.1) is 18.2 Å². The van der Waals surface area contributed by atoms with Crippen molar-refractivity contribution >= 4 is 38.5 Å². The second-order valence-electron chi connectivity index (χ2n) is 2.90. The summed E-state index contributed by atoms with van der Waals surface area (Å²) in [5, 5.41) is 8.69. The Hall–Kier alpha value is -0.560. The number of nitrogens with zero attached hydrogens (tertiary/aromatic N) is 2. The maximum atomic E-state index is 12.2. The largest absolute Gasteiger partial charge is 0.574 e. The fourth-order valence-electron chi connectivity index (χ4n) is 1.05. The minimum Gasteiger partial charge on any atom is -0.387 e. The lowest BCUT2D eigenvalue weighted by Gasteiger charge is -2.13. The van der Waals surface area contributed by atoms with E-state index in [-0.39, 0.29) is 17.4 Å². The van der Waals surface area contributed by atoms with Crippen LogP contribution < -0.4 is 4.74 Å². The predicted octanol–water partition coefficient (Wildman–Crippen LogP) is 3.55. The van der Waals surface area contributed by atoms with Crippen LogP contribution in [-0.4, -0.2) is 11.3 Å². The number of aromatic nitrogens is 1. The molecule has 0 N–H and O–H groups in total. The Kier molecular flexibility index (Phi) is 5.00. The summed E-state index contributed by atoms with van der Waals surface area (Å²) in [6.45, 7) is 0. The fourth-order valence-corrected chi connectivity index (χ4v) is 2.90. The monoisotopic (exact) mass is 420 g/mol. The first-order valence-corrected chi connectivity index (χ1v) is 6.44. The van der Waals surface area contributed by atoms with E-state index in [4.69, 9.17) is 5.26 Å². The summed E-state index contributed by atoms with van der Waals surface area (Å²) in [5.41, 5.74) is 0.561. The average Bonchev–Trinajstić information content (AvgIpc) is 2.15. The molecule has 92 valence electrons. The Balaban J connectivity index is 3.20. The number of hydrogen-bond acceptors (Lipinski definition) is 3. The zero-order chi connectivity index (χ0) is 13.1. The Morgan fingerprint density at radius 1 is 1.53 bits per heavy atom. The molecule has 0 fully saturated rings. The standard InChI is InChI=1S/C9H5BrF3IN2O/c10-4-6-7(14)3-5(1-2-15)16-8(6)17-9(11,12)13/h3H,1,4H2. The van der Waals surface area contributed by atoms with Crippen LogP contribution in [0.25, 0.3) is 0 Å². The topological polar surface area (TPSA) is 45.9 Å². The number of pyridine rings is 1. The van der Waals surface area contributed by atoms with Gasteiger partial charge in [-0.3, -0.25) is 0 Å². The minimum absolute atomic E-state index is 0.0627. The van der Waals surface area contributed by atoms with Gasteiger partial charge >= 0.3 is 6.36 Å². The molecule has 0 aliphatic carbocycles. The number of nitriles is 1. The van der Waals surface area contributed by atoms with Gasteiger partial charge in [-0.15, -0.1) is 13.2 Å². The van der Waals surface area contributed by atoms with E-state index < -0.39 is 12.2 Å². The van der Waals surface area contributed by atoms with Crippen molar-refractivity contribution in [3.63, 3.8) is 0 Å². The smallest absolute Gasteiger partial charge is 0.387 e. The molecule has 0 aliphatic rings. The van der Waals surface area contributed by atoms with Gasteiger partial charge in [0.1, 0.15) is 0 Å². The number of rotatable bonds is 3. The molecule has 8 heteroatoms. The van der Waals surface area contributed by atoms with Crippen LogP contribution in [0.4, 0.5) is 13.2 Å². The van der Waals surface area contributed by atoms with Gasteiger partial charge in [0.25, 0.3) is 0 Å². The summed E-state index contributed by atoms with van der Waals surface area (Å²) in [5.74, 6) is -0.508. The highest BCUT2D eigenvalue weighted by molar-refractivity contribution is 14.1. The number of hydrogen-bond donors (Lipinski definition) is 0. The molecule has 1 aromatic heterocycles. The van der Waals surface area contributed by atoms with Crippen molar-refractivity contribution in [2.24, 2.45) is 0 Å². The molecular weight excluding hydrogens is 416 g/mol. The first kappa shape index (κ1) is 14.5. The molecule has 0 bridgehead atoms. The highest BCUT2D eigenvalue weighted by atomic mass is 127. The fraction of sp³-hybridized carbons (Fsp3) is 0.333. The Bertz CT molecular complexity index is 459. The third-order valence-electron chi connectivity index (χ3n) is 1.69. The maximum Gasteiger partial charge on any atom is 0.574 e. The van der Waals surface area contributed by atoms with E-state index in [1.807, 2.05) is 28.7 Å². The molecule has 0 aliphatic heterocycles. The van der Waals surface area contributed by atoms with E-state index in [1.165, 1.54) is 0 Å². The van der Waals surface area contributed by atoms with Gasteiger partial charge in [0.2, 0.25) is 5.88 Å². The average molecular weight is 421 g/mol. The van der Waals surface area contributed by atoms with Crippen LogP contribution in [-0.2, 0) is 11.8 Å². The van der Waals surface area contributed by atoms with Crippen molar-refractivity contribution in [2.75, 3.05) is 0 Å². The molecule has 0 unspecified atom stereocenters. The molecule has 0 saturated carbocycles. The molecule has 0 atom stereocenters. The molecule has 3 nitrogen and oxygen atoms in total. The van der Waals surface area contributed by atoms with Crippen molar-refractivity contribution in [1.29, 1.82) is 5.26 Å². The molecule has 17 heavy (non-hydrogen) atoms. The molecular formula is C9H5BrF3IN2O. The van der Waals surface area contributed by atoms with E-state index >= 15 is 0 Å². The van der Waals surface area contributed by atoms with Gasteiger partial charge in [0, 0.05) is 14.5 Å². The van der Waals surface area contributed by atoms with E-state index in [9.17, 15) is 13.2 Å². The zero-order valence-corrected chi connectivity index (χ0v) is 11.9. The first-order chi connectivity index (χ1) is 7.87. The summed E-state index contributed by atoms with van der Waals surface area (Å²) in [6.07, 6.45) is -4.86. The molecule has 0 amide bonds. The van der Waals surface area contributed by atoms with E-state index in [0.29, 0.717) is 9.13 Å². The van der Waals surface area contributed by atoms with E-state index in [1.54, 1.807) is 6.07 Å². The Morgan fingerprint density at radius 3 is 2.65 bits per heavy atom. The van der Waals surface area contributed by atoms with Gasteiger partial charge in [-0.05, 0) is 28.7 Å². The maximum absolute atomic E-state index is 12.2. The summed E-state index contributed by atoms with van der Waals surface area (Å²) in [6, 6.07) is 3.38. The number of halogens is 5. The van der Waals surface area contributed by atoms with Crippen molar-refractivity contribution < 1.29 is 17.9 Å². The zero-order valence-electron chi connectivity index (χ0n) is 8.18.